The SMILES string of the molecule is CN1CCN(c2cc3c(cc2F)c(=O)c2c(=O)[nH]sc2n3C2CC2)CC1. The molecule has 0 spiro atoms. The number of likely N-dealkylation sites (N-methyl/N-ethyl adjacent to an activating group) is 1. The second-order valence-electron chi connectivity index (χ2n) is 7.25. The van der Waals surface area contributed by atoms with E-state index in [1.165, 1.54) is 17.6 Å². The molecule has 0 atom stereocenters. The first-order chi connectivity index (χ1) is 12.5. The molecule has 1 N–H and O–H groups in total. The van der Waals surface area contributed by atoms with Crippen molar-refractivity contribution in [1.29, 1.82) is 0 Å². The Kier molecular flexibility index (Phi) is 3.48. The predicted octanol–water partition coefficient (Wildman–Crippen LogP) is 2.13. The maximum Gasteiger partial charge on any atom is 0.271 e. The number of rotatable bonds is 2. The van der Waals surface area contributed by atoms with E-state index < -0.39 is 5.82 Å². The van der Waals surface area contributed by atoms with E-state index in [0.29, 0.717) is 15.9 Å². The molecule has 2 aromatic heterocycles. The minimum absolute atomic E-state index is 0.154. The molecule has 2 fully saturated rings. The third-order valence-electron chi connectivity index (χ3n) is 5.45. The van der Waals surface area contributed by atoms with E-state index in [-0.39, 0.29) is 22.4 Å². The zero-order chi connectivity index (χ0) is 18.0. The molecule has 0 bridgehead atoms. The van der Waals surface area contributed by atoms with Crippen molar-refractivity contribution in [3.8, 4) is 0 Å². The molecule has 3 heterocycles. The fourth-order valence-corrected chi connectivity index (χ4v) is 4.75. The molecule has 1 aliphatic heterocycles. The molecule has 6 nitrogen and oxygen atoms in total. The number of anilines is 1. The average Bonchev–Trinajstić information content (AvgIpc) is 3.39. The Balaban J connectivity index is 1.80. The van der Waals surface area contributed by atoms with Crippen molar-refractivity contribution in [2.75, 3.05) is 38.1 Å². The lowest BCUT2D eigenvalue weighted by atomic mass is 10.1. The Morgan fingerprint density at radius 2 is 1.88 bits per heavy atom. The highest BCUT2D eigenvalue weighted by Crippen LogP contribution is 2.40. The molecule has 0 radical (unpaired) electrons. The van der Waals surface area contributed by atoms with Gasteiger partial charge in [-0.2, -0.15) is 0 Å². The van der Waals surface area contributed by atoms with Crippen LogP contribution in [0, 0.1) is 5.82 Å². The quantitative estimate of drug-likeness (QED) is 0.747. The summed E-state index contributed by atoms with van der Waals surface area (Å²) in [6.45, 7) is 3.27. The van der Waals surface area contributed by atoms with Crippen LogP contribution in [0.2, 0.25) is 0 Å². The van der Waals surface area contributed by atoms with E-state index in [4.69, 9.17) is 0 Å². The van der Waals surface area contributed by atoms with Crippen LogP contribution < -0.4 is 15.9 Å². The molecule has 5 rings (SSSR count). The molecule has 1 aromatic carbocycles. The van der Waals surface area contributed by atoms with Crippen molar-refractivity contribution in [2.45, 2.75) is 18.9 Å². The van der Waals surface area contributed by atoms with E-state index in [1.807, 2.05) is 4.90 Å². The number of aromatic nitrogens is 2. The molecule has 1 aliphatic carbocycles. The lowest BCUT2D eigenvalue weighted by Gasteiger charge is -2.34. The first-order valence-corrected chi connectivity index (χ1v) is 9.68. The van der Waals surface area contributed by atoms with Crippen LogP contribution in [0.5, 0.6) is 0 Å². The van der Waals surface area contributed by atoms with Crippen molar-refractivity contribution < 1.29 is 4.39 Å². The normalized spacial score (nSPS) is 18.9. The predicted molar refractivity (Wildman–Crippen MR) is 102 cm³/mol. The molecule has 8 heteroatoms. The van der Waals surface area contributed by atoms with Crippen LogP contribution in [0.3, 0.4) is 0 Å². The van der Waals surface area contributed by atoms with E-state index in [1.54, 1.807) is 6.07 Å². The van der Waals surface area contributed by atoms with Crippen LogP contribution in [-0.4, -0.2) is 47.1 Å². The van der Waals surface area contributed by atoms with E-state index in [2.05, 4.69) is 20.9 Å². The molecule has 2 aliphatic rings. The number of pyridine rings is 1. The molecule has 136 valence electrons. The molecule has 1 saturated heterocycles. The number of benzene rings is 1. The zero-order valence-electron chi connectivity index (χ0n) is 14.4. The lowest BCUT2D eigenvalue weighted by molar-refractivity contribution is 0.312. The minimum atomic E-state index is -0.396. The Morgan fingerprint density at radius 1 is 1.15 bits per heavy atom. The van der Waals surface area contributed by atoms with Gasteiger partial charge in [-0.05, 0) is 43.6 Å². The largest absolute Gasteiger partial charge is 0.367 e. The van der Waals surface area contributed by atoms with Gasteiger partial charge < -0.3 is 14.4 Å². The smallest absolute Gasteiger partial charge is 0.271 e. The summed E-state index contributed by atoms with van der Waals surface area (Å²) in [4.78, 5) is 29.9. The van der Waals surface area contributed by atoms with E-state index in [9.17, 15) is 14.0 Å². The Bertz CT molecular complexity index is 1140. The Morgan fingerprint density at radius 3 is 2.58 bits per heavy atom. The van der Waals surface area contributed by atoms with Crippen LogP contribution in [0.25, 0.3) is 21.1 Å². The fourth-order valence-electron chi connectivity index (χ4n) is 3.82. The minimum Gasteiger partial charge on any atom is -0.367 e. The van der Waals surface area contributed by atoms with Gasteiger partial charge in [0.25, 0.3) is 5.56 Å². The maximum atomic E-state index is 14.9. The van der Waals surface area contributed by atoms with Gasteiger partial charge in [0, 0.05) is 37.6 Å². The Labute approximate surface area is 152 Å². The van der Waals surface area contributed by atoms with Crippen molar-refractivity contribution in [2.24, 2.45) is 0 Å². The summed E-state index contributed by atoms with van der Waals surface area (Å²) in [6, 6.07) is 3.40. The van der Waals surface area contributed by atoms with Gasteiger partial charge >= 0.3 is 0 Å². The second kappa shape index (κ2) is 5.65. The Hall–Kier alpha value is -2.19. The van der Waals surface area contributed by atoms with Crippen molar-refractivity contribution in [3.05, 3.63) is 38.5 Å². The van der Waals surface area contributed by atoms with Gasteiger partial charge in [-0.25, -0.2) is 4.39 Å². The molecular formula is C18H19FN4O2S. The summed E-state index contributed by atoms with van der Waals surface area (Å²) in [5.41, 5.74) is 0.519. The lowest BCUT2D eigenvalue weighted by Crippen LogP contribution is -2.44. The number of nitrogens with zero attached hydrogens (tertiary/aromatic N) is 3. The zero-order valence-corrected chi connectivity index (χ0v) is 15.2. The number of hydrogen-bond acceptors (Lipinski definition) is 5. The summed E-state index contributed by atoms with van der Waals surface area (Å²) in [7, 11) is 2.06. The van der Waals surface area contributed by atoms with Crippen molar-refractivity contribution in [1.82, 2.24) is 13.8 Å². The van der Waals surface area contributed by atoms with Gasteiger partial charge in [-0.15, -0.1) is 0 Å². The highest BCUT2D eigenvalue weighted by Gasteiger charge is 2.29. The number of halogens is 1. The number of piperazine rings is 1. The highest BCUT2D eigenvalue weighted by molar-refractivity contribution is 7.12. The molecule has 1 saturated carbocycles. The van der Waals surface area contributed by atoms with Crippen molar-refractivity contribution in [3.63, 3.8) is 0 Å². The molecular weight excluding hydrogens is 355 g/mol. The van der Waals surface area contributed by atoms with E-state index >= 15 is 0 Å². The van der Waals surface area contributed by atoms with Crippen LogP contribution >= 0.6 is 11.5 Å². The van der Waals surface area contributed by atoms with Gasteiger partial charge in [0.15, 0.2) is 0 Å². The summed E-state index contributed by atoms with van der Waals surface area (Å²) in [5.74, 6) is -0.396. The monoisotopic (exact) mass is 374 g/mol. The second-order valence-corrected chi connectivity index (χ2v) is 8.05. The van der Waals surface area contributed by atoms with Gasteiger partial charge in [0.1, 0.15) is 16.0 Å². The standard InChI is InChI=1S/C18H19FN4O2S/c1-21-4-6-22(7-5-21)14-9-13-11(8-12(14)19)16(24)15-17(25)20-26-18(15)23(13)10-2-3-10/h8-10H,2-7H2,1H3,(H,20,25). The number of H-pyrrole nitrogens is 1. The summed E-state index contributed by atoms with van der Waals surface area (Å²) in [5, 5.41) is 0.449. The third kappa shape index (κ3) is 2.32. The molecule has 0 amide bonds. The van der Waals surface area contributed by atoms with Crippen molar-refractivity contribution >= 4 is 38.3 Å². The first-order valence-electron chi connectivity index (χ1n) is 8.87. The van der Waals surface area contributed by atoms with Crippen LogP contribution in [-0.2, 0) is 0 Å². The number of fused-ring (bicyclic) bond motifs is 2. The van der Waals surface area contributed by atoms with E-state index in [0.717, 1.165) is 44.5 Å². The van der Waals surface area contributed by atoms with Gasteiger partial charge in [0.05, 0.1) is 11.2 Å². The van der Waals surface area contributed by atoms with Crippen LogP contribution in [0.4, 0.5) is 10.1 Å². The summed E-state index contributed by atoms with van der Waals surface area (Å²) < 4.78 is 19.6. The fraction of sp³-hybridized carbons (Fsp3) is 0.444. The molecule has 26 heavy (non-hydrogen) atoms. The number of aromatic amines is 1. The van der Waals surface area contributed by atoms with Crippen LogP contribution in [0.1, 0.15) is 18.9 Å². The average molecular weight is 374 g/mol. The third-order valence-corrected chi connectivity index (χ3v) is 6.33. The van der Waals surface area contributed by atoms with Gasteiger partial charge in [0.2, 0.25) is 5.43 Å². The number of nitrogens with one attached hydrogen (secondary N) is 1. The molecule has 3 aromatic rings. The van der Waals surface area contributed by atoms with Crippen LogP contribution in [0.15, 0.2) is 21.7 Å². The van der Waals surface area contributed by atoms with Gasteiger partial charge in [-0.3, -0.25) is 14.0 Å². The maximum absolute atomic E-state index is 14.9. The summed E-state index contributed by atoms with van der Waals surface area (Å²) in [6.07, 6.45) is 2.03. The molecule has 0 unspecified atom stereocenters. The number of hydrogen-bond donors (Lipinski definition) is 1. The topological polar surface area (TPSA) is 61.3 Å². The highest BCUT2D eigenvalue weighted by atomic mass is 32.1. The van der Waals surface area contributed by atoms with Gasteiger partial charge in [-0.1, -0.05) is 0 Å². The summed E-state index contributed by atoms with van der Waals surface area (Å²) >= 11 is 1.20. The first kappa shape index (κ1) is 16.0.